The molecule has 0 unspecified atom stereocenters. The monoisotopic (exact) mass is 510 g/mol. The molecule has 1 heteroatoms. The van der Waals surface area contributed by atoms with Crippen LogP contribution in [0.5, 0.6) is 0 Å². The van der Waals surface area contributed by atoms with Gasteiger partial charge in [0.05, 0.1) is 0 Å². The molecule has 0 bridgehead atoms. The van der Waals surface area contributed by atoms with Crippen LogP contribution in [-0.2, 0) is 0 Å². The second kappa shape index (κ2) is 7.89. The third kappa shape index (κ3) is 3.05. The third-order valence-electron chi connectivity index (χ3n) is 8.39. The summed E-state index contributed by atoms with van der Waals surface area (Å²) in [5.41, 5.74) is 5.12. The molecular weight excluding hydrogens is 488 g/mol. The van der Waals surface area contributed by atoms with Crippen LogP contribution in [0.15, 0.2) is 133 Å². The highest BCUT2D eigenvalue weighted by molar-refractivity contribution is 7.26. The molecule has 0 amide bonds. The van der Waals surface area contributed by atoms with Crippen molar-refractivity contribution in [2.75, 3.05) is 0 Å². The Balaban J connectivity index is 1.22. The zero-order valence-electron chi connectivity index (χ0n) is 21.1. The van der Waals surface area contributed by atoms with Crippen LogP contribution in [0.25, 0.3) is 85.5 Å². The normalized spacial score (nSPS) is 12.1. The lowest BCUT2D eigenvalue weighted by Crippen LogP contribution is -1.86. The van der Waals surface area contributed by atoms with E-state index in [2.05, 4.69) is 133 Å². The fourth-order valence-corrected chi connectivity index (χ4v) is 7.75. The van der Waals surface area contributed by atoms with Crippen molar-refractivity contribution >= 4 is 74.6 Å². The van der Waals surface area contributed by atoms with Gasteiger partial charge in [0.25, 0.3) is 0 Å². The van der Waals surface area contributed by atoms with Gasteiger partial charge in [-0.1, -0.05) is 103 Å². The summed E-state index contributed by atoms with van der Waals surface area (Å²) in [6.45, 7) is 0. The Morgan fingerprint density at radius 3 is 1.85 bits per heavy atom. The maximum Gasteiger partial charge on any atom is 0.0361 e. The van der Waals surface area contributed by atoms with E-state index in [1.807, 2.05) is 11.3 Å². The first-order chi connectivity index (χ1) is 19.3. The van der Waals surface area contributed by atoms with Crippen molar-refractivity contribution in [3.8, 4) is 22.3 Å². The Kier molecular flexibility index (Phi) is 4.30. The average Bonchev–Trinajstić information content (AvgIpc) is 3.39. The van der Waals surface area contributed by atoms with Crippen molar-refractivity contribution in [1.82, 2.24) is 0 Å². The number of benzene rings is 8. The van der Waals surface area contributed by atoms with Crippen LogP contribution < -0.4 is 0 Å². The molecule has 0 radical (unpaired) electrons. The minimum absolute atomic E-state index is 1.26. The molecule has 39 heavy (non-hydrogen) atoms. The average molecular weight is 511 g/mol. The Morgan fingerprint density at radius 2 is 0.974 bits per heavy atom. The summed E-state index contributed by atoms with van der Waals surface area (Å²) < 4.78 is 2.74. The third-order valence-corrected chi connectivity index (χ3v) is 9.51. The summed E-state index contributed by atoms with van der Waals surface area (Å²) in [7, 11) is 0. The summed E-state index contributed by atoms with van der Waals surface area (Å²) >= 11 is 1.90. The zero-order valence-corrected chi connectivity index (χ0v) is 21.9. The molecule has 0 nitrogen and oxygen atoms in total. The lowest BCUT2D eigenvalue weighted by molar-refractivity contribution is 1.68. The van der Waals surface area contributed by atoms with Gasteiger partial charge in [0.1, 0.15) is 0 Å². The molecular formula is C38H22S. The quantitative estimate of drug-likeness (QED) is 0.203. The standard InChI is InChI=1S/C38H22S/c1-2-8-29-23(6-1)18-19-32-30(9-4-10-31(29)32)26-16-14-25-21-27(17-15-24(25)20-26)34-22-28-7-3-12-35-37(28)38-33(34)11-5-13-36(38)39-35/h1-22H. The molecule has 180 valence electrons. The lowest BCUT2D eigenvalue weighted by atomic mass is 9.91. The van der Waals surface area contributed by atoms with Gasteiger partial charge in [0.2, 0.25) is 0 Å². The van der Waals surface area contributed by atoms with Crippen LogP contribution in [0.4, 0.5) is 0 Å². The number of hydrogen-bond acceptors (Lipinski definition) is 1. The summed E-state index contributed by atoms with van der Waals surface area (Å²) in [6.07, 6.45) is 0. The Hall–Kier alpha value is -4.72. The number of hydrogen-bond donors (Lipinski definition) is 0. The van der Waals surface area contributed by atoms with Gasteiger partial charge in [0.15, 0.2) is 0 Å². The van der Waals surface area contributed by atoms with Gasteiger partial charge in [-0.05, 0) is 95.7 Å². The van der Waals surface area contributed by atoms with Crippen LogP contribution in [0, 0.1) is 0 Å². The van der Waals surface area contributed by atoms with Crippen LogP contribution in [0.2, 0.25) is 0 Å². The Morgan fingerprint density at radius 1 is 0.333 bits per heavy atom. The van der Waals surface area contributed by atoms with Crippen LogP contribution >= 0.6 is 11.3 Å². The topological polar surface area (TPSA) is 0 Å². The van der Waals surface area contributed by atoms with E-state index in [-0.39, 0.29) is 0 Å². The van der Waals surface area contributed by atoms with Crippen molar-refractivity contribution in [1.29, 1.82) is 0 Å². The fourth-order valence-electron chi connectivity index (χ4n) is 6.58. The van der Waals surface area contributed by atoms with Gasteiger partial charge in [-0.2, -0.15) is 0 Å². The second-order valence-electron chi connectivity index (χ2n) is 10.5. The summed E-state index contributed by atoms with van der Waals surface area (Å²) in [5.74, 6) is 0. The molecule has 0 spiro atoms. The summed E-state index contributed by atoms with van der Waals surface area (Å²) in [4.78, 5) is 0. The first-order valence-electron chi connectivity index (χ1n) is 13.4. The number of rotatable bonds is 2. The first-order valence-corrected chi connectivity index (χ1v) is 14.2. The molecule has 0 aliphatic heterocycles. The van der Waals surface area contributed by atoms with E-state index < -0.39 is 0 Å². The van der Waals surface area contributed by atoms with Crippen molar-refractivity contribution in [2.45, 2.75) is 0 Å². The SMILES string of the molecule is c1ccc2c(c1)ccc1c(-c3ccc4cc(-c5cc6cccc7sc8cccc5c8c67)ccc4c3)cccc12. The zero-order chi connectivity index (χ0) is 25.5. The number of thiophene rings is 1. The van der Waals surface area contributed by atoms with E-state index in [0.717, 1.165) is 0 Å². The molecule has 9 rings (SSSR count). The molecule has 0 N–H and O–H groups in total. The predicted molar refractivity (Wildman–Crippen MR) is 171 cm³/mol. The minimum Gasteiger partial charge on any atom is -0.135 e. The summed E-state index contributed by atoms with van der Waals surface area (Å²) in [6, 6.07) is 49.5. The molecule has 8 aromatic carbocycles. The van der Waals surface area contributed by atoms with Gasteiger partial charge < -0.3 is 0 Å². The largest absolute Gasteiger partial charge is 0.135 e. The maximum absolute atomic E-state index is 2.38. The molecule has 9 aromatic rings. The Labute approximate surface area is 229 Å². The molecule has 1 aromatic heterocycles. The van der Waals surface area contributed by atoms with Gasteiger partial charge >= 0.3 is 0 Å². The Bertz CT molecular complexity index is 2390. The van der Waals surface area contributed by atoms with E-state index in [0.29, 0.717) is 0 Å². The van der Waals surface area contributed by atoms with Gasteiger partial charge in [-0.3, -0.25) is 0 Å². The van der Waals surface area contributed by atoms with Crippen molar-refractivity contribution in [3.05, 3.63) is 133 Å². The van der Waals surface area contributed by atoms with Gasteiger partial charge in [0, 0.05) is 20.2 Å². The lowest BCUT2D eigenvalue weighted by Gasteiger charge is -2.13. The molecule has 0 aliphatic carbocycles. The van der Waals surface area contributed by atoms with Crippen molar-refractivity contribution in [3.63, 3.8) is 0 Å². The molecule has 1 heterocycles. The predicted octanol–water partition coefficient (Wildman–Crippen LogP) is 11.4. The van der Waals surface area contributed by atoms with Crippen molar-refractivity contribution < 1.29 is 0 Å². The highest BCUT2D eigenvalue weighted by Crippen LogP contribution is 2.45. The van der Waals surface area contributed by atoms with E-state index >= 15 is 0 Å². The smallest absolute Gasteiger partial charge is 0.0361 e. The van der Waals surface area contributed by atoms with E-state index in [1.165, 1.54) is 85.5 Å². The van der Waals surface area contributed by atoms with Crippen LogP contribution in [0.1, 0.15) is 0 Å². The molecule has 0 saturated carbocycles. The van der Waals surface area contributed by atoms with Crippen LogP contribution in [0.3, 0.4) is 0 Å². The van der Waals surface area contributed by atoms with Crippen LogP contribution in [-0.4, -0.2) is 0 Å². The van der Waals surface area contributed by atoms with E-state index in [1.54, 1.807) is 0 Å². The molecule has 0 atom stereocenters. The van der Waals surface area contributed by atoms with E-state index in [4.69, 9.17) is 0 Å². The molecule has 0 aliphatic rings. The maximum atomic E-state index is 2.38. The molecule has 0 saturated heterocycles. The van der Waals surface area contributed by atoms with E-state index in [9.17, 15) is 0 Å². The fraction of sp³-hybridized carbons (Fsp3) is 0. The number of fused-ring (bicyclic) bond motifs is 4. The highest BCUT2D eigenvalue weighted by atomic mass is 32.1. The minimum atomic E-state index is 1.26. The first kappa shape index (κ1) is 21.2. The molecule has 0 fully saturated rings. The summed E-state index contributed by atoms with van der Waals surface area (Å²) in [5, 5.41) is 13.2. The van der Waals surface area contributed by atoms with Gasteiger partial charge in [-0.15, -0.1) is 11.3 Å². The van der Waals surface area contributed by atoms with Crippen molar-refractivity contribution in [2.24, 2.45) is 0 Å². The highest BCUT2D eigenvalue weighted by Gasteiger charge is 2.15. The van der Waals surface area contributed by atoms with Gasteiger partial charge in [-0.25, -0.2) is 0 Å². The second-order valence-corrected chi connectivity index (χ2v) is 11.6.